The van der Waals surface area contributed by atoms with Gasteiger partial charge in [-0.15, -0.1) is 5.53 Å². The molecule has 0 aromatic rings. The number of nitrogens with one attached hydrogen (secondary N) is 2. The third-order valence-electron chi connectivity index (χ3n) is 3.57. The smallest absolute Gasteiger partial charge is 0.250 e. The molecule has 1 aliphatic heterocycles. The highest BCUT2D eigenvalue weighted by Crippen LogP contribution is 2.60. The lowest BCUT2D eigenvalue weighted by atomic mass is 9.58. The summed E-state index contributed by atoms with van der Waals surface area (Å²) in [5, 5.41) is 1.79. The van der Waals surface area contributed by atoms with Crippen LogP contribution in [-0.2, 0) is 0 Å². The van der Waals surface area contributed by atoms with Gasteiger partial charge in [-0.2, -0.15) is 0 Å². The molecule has 2 rings (SSSR count). The van der Waals surface area contributed by atoms with Crippen LogP contribution in [0.3, 0.4) is 0 Å². The number of alkyl halides is 2. The first-order valence-corrected chi connectivity index (χ1v) is 5.21. The number of halogens is 2. The van der Waals surface area contributed by atoms with Crippen LogP contribution >= 0.6 is 0 Å². The summed E-state index contributed by atoms with van der Waals surface area (Å²) in [6.07, 6.45) is 1.70. The minimum absolute atomic E-state index is 0.0444. The summed E-state index contributed by atoms with van der Waals surface area (Å²) in [6.45, 7) is 4.00. The Balaban J connectivity index is 2.23. The van der Waals surface area contributed by atoms with Gasteiger partial charge in [0, 0.05) is 31.5 Å². The summed E-state index contributed by atoms with van der Waals surface area (Å²) in [6, 6.07) is 0. The van der Waals surface area contributed by atoms with Crippen LogP contribution in [0.15, 0.2) is 11.9 Å². The number of hydrogen-bond donors (Lipinski definition) is 2. The van der Waals surface area contributed by atoms with Gasteiger partial charge in [-0.05, 0) is 5.92 Å². The normalized spacial score (nSPS) is 27.3. The van der Waals surface area contributed by atoms with E-state index in [0.29, 0.717) is 0 Å². The molecule has 1 aliphatic carbocycles. The van der Waals surface area contributed by atoms with Crippen LogP contribution in [0.25, 0.3) is 0 Å². The minimum Gasteiger partial charge on any atom is -0.309 e. The molecule has 0 unspecified atom stereocenters. The predicted octanol–water partition coefficient (Wildman–Crippen LogP) is 1.85. The summed E-state index contributed by atoms with van der Waals surface area (Å²) in [5.41, 5.74) is 6.27. The SMILES string of the molecule is CC(C)C1(C2=CNNN2C)CC(F)(F)C1. The van der Waals surface area contributed by atoms with Crippen LogP contribution in [0, 0.1) is 11.3 Å². The first-order chi connectivity index (χ1) is 6.87. The molecule has 15 heavy (non-hydrogen) atoms. The first kappa shape index (κ1) is 10.7. The Morgan fingerprint density at radius 2 is 2.00 bits per heavy atom. The number of hydrazine groups is 2. The molecule has 1 heterocycles. The van der Waals surface area contributed by atoms with Crippen molar-refractivity contribution in [2.75, 3.05) is 7.05 Å². The zero-order valence-electron chi connectivity index (χ0n) is 9.27. The predicted molar refractivity (Wildman–Crippen MR) is 53.6 cm³/mol. The van der Waals surface area contributed by atoms with Crippen molar-refractivity contribution in [1.29, 1.82) is 0 Å². The van der Waals surface area contributed by atoms with E-state index in [-0.39, 0.29) is 24.2 Å². The standard InChI is InChI=1S/C10H17F2N3/c1-7(2)9(5-10(11,12)6-9)8-4-13-14-15(8)3/h4,7,13-14H,5-6H2,1-3H3. The molecule has 0 bridgehead atoms. The molecule has 3 nitrogen and oxygen atoms in total. The van der Waals surface area contributed by atoms with Gasteiger partial charge in [0.1, 0.15) is 0 Å². The molecular weight excluding hydrogens is 200 g/mol. The Bertz CT molecular complexity index is 291. The van der Waals surface area contributed by atoms with Crippen LogP contribution < -0.4 is 11.0 Å². The first-order valence-electron chi connectivity index (χ1n) is 5.21. The fourth-order valence-corrected chi connectivity index (χ4v) is 2.59. The molecule has 0 aromatic carbocycles. The highest BCUT2D eigenvalue weighted by atomic mass is 19.3. The highest BCUT2D eigenvalue weighted by molar-refractivity contribution is 5.22. The highest BCUT2D eigenvalue weighted by Gasteiger charge is 2.60. The van der Waals surface area contributed by atoms with E-state index in [1.54, 1.807) is 11.2 Å². The van der Waals surface area contributed by atoms with Crippen LogP contribution in [-0.4, -0.2) is 18.0 Å². The monoisotopic (exact) mass is 217 g/mol. The molecule has 0 spiro atoms. The van der Waals surface area contributed by atoms with Gasteiger partial charge < -0.3 is 5.43 Å². The Morgan fingerprint density at radius 1 is 1.40 bits per heavy atom. The van der Waals surface area contributed by atoms with Crippen molar-refractivity contribution >= 4 is 0 Å². The molecule has 2 aliphatic rings. The average molecular weight is 217 g/mol. The lowest BCUT2D eigenvalue weighted by Crippen LogP contribution is -2.53. The lowest BCUT2D eigenvalue weighted by Gasteiger charge is -2.52. The molecule has 0 amide bonds. The summed E-state index contributed by atoms with van der Waals surface area (Å²) in [5.74, 6) is -2.28. The van der Waals surface area contributed by atoms with Gasteiger partial charge in [-0.1, -0.05) is 13.8 Å². The van der Waals surface area contributed by atoms with Gasteiger partial charge >= 0.3 is 0 Å². The van der Waals surface area contributed by atoms with E-state index in [1.165, 1.54) is 0 Å². The number of nitrogens with zero attached hydrogens (tertiary/aromatic N) is 1. The third kappa shape index (κ3) is 1.49. The quantitative estimate of drug-likeness (QED) is 0.739. The van der Waals surface area contributed by atoms with Crippen LogP contribution in [0.4, 0.5) is 8.78 Å². The summed E-state index contributed by atoms with van der Waals surface area (Å²) in [4.78, 5) is 0. The van der Waals surface area contributed by atoms with E-state index < -0.39 is 5.92 Å². The molecule has 0 saturated heterocycles. The van der Waals surface area contributed by atoms with E-state index in [2.05, 4.69) is 11.0 Å². The number of rotatable bonds is 2. The van der Waals surface area contributed by atoms with E-state index in [0.717, 1.165) is 5.70 Å². The maximum Gasteiger partial charge on any atom is 0.250 e. The van der Waals surface area contributed by atoms with Crippen molar-refractivity contribution in [1.82, 2.24) is 16.0 Å². The van der Waals surface area contributed by atoms with Crippen LogP contribution in [0.5, 0.6) is 0 Å². The summed E-state index contributed by atoms with van der Waals surface area (Å²) in [7, 11) is 1.84. The molecule has 5 heteroatoms. The average Bonchev–Trinajstić information content (AvgIpc) is 2.46. The van der Waals surface area contributed by atoms with E-state index in [4.69, 9.17) is 0 Å². The molecule has 0 aromatic heterocycles. The van der Waals surface area contributed by atoms with Gasteiger partial charge in [0.25, 0.3) is 0 Å². The maximum atomic E-state index is 13.1. The molecule has 86 valence electrons. The molecule has 0 radical (unpaired) electrons. The zero-order valence-corrected chi connectivity index (χ0v) is 9.27. The Hall–Kier alpha value is -0.840. The van der Waals surface area contributed by atoms with Crippen molar-refractivity contribution in [2.45, 2.75) is 32.6 Å². The van der Waals surface area contributed by atoms with Gasteiger partial charge in [0.05, 0.1) is 5.70 Å². The van der Waals surface area contributed by atoms with Crippen molar-refractivity contribution in [3.63, 3.8) is 0 Å². The third-order valence-corrected chi connectivity index (χ3v) is 3.57. The second-order valence-corrected chi connectivity index (χ2v) is 4.87. The van der Waals surface area contributed by atoms with E-state index in [1.807, 2.05) is 20.9 Å². The van der Waals surface area contributed by atoms with Crippen molar-refractivity contribution in [3.05, 3.63) is 11.9 Å². The number of allylic oxidation sites excluding steroid dienone is 1. The molecule has 0 atom stereocenters. The molecular formula is C10H17F2N3. The lowest BCUT2D eigenvalue weighted by molar-refractivity contribution is -0.169. The van der Waals surface area contributed by atoms with Crippen molar-refractivity contribution in [2.24, 2.45) is 11.3 Å². The summed E-state index contributed by atoms with van der Waals surface area (Å²) < 4.78 is 26.2. The largest absolute Gasteiger partial charge is 0.309 e. The maximum absolute atomic E-state index is 13.1. The van der Waals surface area contributed by atoms with Crippen LogP contribution in [0.1, 0.15) is 26.7 Å². The minimum atomic E-state index is -2.49. The van der Waals surface area contributed by atoms with Crippen molar-refractivity contribution < 1.29 is 8.78 Å². The fourth-order valence-electron chi connectivity index (χ4n) is 2.59. The second-order valence-electron chi connectivity index (χ2n) is 4.87. The second kappa shape index (κ2) is 3.07. The molecule has 1 fully saturated rings. The van der Waals surface area contributed by atoms with Crippen molar-refractivity contribution in [3.8, 4) is 0 Å². The van der Waals surface area contributed by atoms with Gasteiger partial charge in [-0.25, -0.2) is 8.78 Å². The van der Waals surface area contributed by atoms with Gasteiger partial charge in [0.2, 0.25) is 5.92 Å². The van der Waals surface area contributed by atoms with Gasteiger partial charge in [0.15, 0.2) is 0 Å². The summed E-state index contributed by atoms with van der Waals surface area (Å²) >= 11 is 0. The number of hydrogen-bond acceptors (Lipinski definition) is 3. The topological polar surface area (TPSA) is 27.3 Å². The Morgan fingerprint density at radius 3 is 2.33 bits per heavy atom. The Labute approximate surface area is 88.5 Å². The zero-order chi connectivity index (χ0) is 11.3. The molecule has 1 saturated carbocycles. The fraction of sp³-hybridized carbons (Fsp3) is 0.800. The van der Waals surface area contributed by atoms with E-state index >= 15 is 0 Å². The Kier molecular flexibility index (Phi) is 2.19. The van der Waals surface area contributed by atoms with Crippen LogP contribution in [0.2, 0.25) is 0 Å². The van der Waals surface area contributed by atoms with E-state index in [9.17, 15) is 8.78 Å². The molecule has 2 N–H and O–H groups in total. The van der Waals surface area contributed by atoms with Gasteiger partial charge in [-0.3, -0.25) is 5.01 Å².